The van der Waals surface area contributed by atoms with Crippen molar-refractivity contribution < 1.29 is 19.2 Å². The number of benzene rings is 1. The van der Waals surface area contributed by atoms with Crippen molar-refractivity contribution in [3.05, 3.63) is 35.9 Å². The highest BCUT2D eigenvalue weighted by atomic mass is 16.6. The van der Waals surface area contributed by atoms with Crippen molar-refractivity contribution in [2.75, 3.05) is 0 Å². The topological polar surface area (TPSA) is 111 Å². The van der Waals surface area contributed by atoms with Gasteiger partial charge in [0, 0.05) is 0 Å². The molecule has 0 unspecified atom stereocenters. The van der Waals surface area contributed by atoms with Gasteiger partial charge < -0.3 is 11.1 Å². The largest absolute Gasteiger partial charge is 0.368 e. The van der Waals surface area contributed by atoms with Crippen LogP contribution in [0.25, 0.3) is 0 Å². The van der Waals surface area contributed by atoms with Crippen LogP contribution >= 0.6 is 0 Å². The Balaban J connectivity index is 1.81. The fraction of sp³-hybridized carbons (Fsp3) is 0.250. The summed E-state index contributed by atoms with van der Waals surface area (Å²) in [4.78, 5) is 38.7. The van der Waals surface area contributed by atoms with E-state index in [0.717, 1.165) is 5.56 Å². The first-order valence-corrected chi connectivity index (χ1v) is 5.65. The lowest BCUT2D eigenvalue weighted by Crippen LogP contribution is -2.67. The highest BCUT2D eigenvalue weighted by Crippen LogP contribution is 2.14. The Morgan fingerprint density at radius 3 is 2.58 bits per heavy atom. The Kier molecular flexibility index (Phi) is 3.76. The molecular formula is C12H13N3O4. The van der Waals surface area contributed by atoms with E-state index in [1.807, 2.05) is 30.3 Å². The Labute approximate surface area is 109 Å². The molecule has 100 valence electrons. The molecular weight excluding hydrogens is 250 g/mol. The second kappa shape index (κ2) is 5.49. The minimum Gasteiger partial charge on any atom is -0.368 e. The van der Waals surface area contributed by atoms with Crippen molar-refractivity contribution in [1.29, 1.82) is 0 Å². The van der Waals surface area contributed by atoms with Crippen molar-refractivity contribution >= 4 is 17.7 Å². The number of hydroxylamine groups is 1. The third kappa shape index (κ3) is 2.89. The van der Waals surface area contributed by atoms with Gasteiger partial charge in [0.1, 0.15) is 12.0 Å². The molecule has 19 heavy (non-hydrogen) atoms. The quantitative estimate of drug-likeness (QED) is 0.353. The molecule has 7 heteroatoms. The summed E-state index contributed by atoms with van der Waals surface area (Å²) in [6.45, 7) is 0.169. The maximum atomic E-state index is 11.6. The molecule has 1 saturated heterocycles. The van der Waals surface area contributed by atoms with Gasteiger partial charge in [0.05, 0.1) is 6.61 Å². The van der Waals surface area contributed by atoms with Gasteiger partial charge >= 0.3 is 0 Å². The van der Waals surface area contributed by atoms with Gasteiger partial charge in [-0.2, -0.15) is 0 Å². The maximum absolute atomic E-state index is 11.6. The summed E-state index contributed by atoms with van der Waals surface area (Å²) in [5.74, 6) is -3.08. The van der Waals surface area contributed by atoms with Crippen LogP contribution in [0, 0.1) is 5.92 Å². The van der Waals surface area contributed by atoms with E-state index >= 15 is 0 Å². The average Bonchev–Trinajstić information content (AvgIpc) is 2.36. The van der Waals surface area contributed by atoms with E-state index in [-0.39, 0.29) is 6.61 Å². The van der Waals surface area contributed by atoms with Gasteiger partial charge in [0.2, 0.25) is 11.8 Å². The third-order valence-corrected chi connectivity index (χ3v) is 2.76. The zero-order valence-corrected chi connectivity index (χ0v) is 9.96. The summed E-state index contributed by atoms with van der Waals surface area (Å²) >= 11 is 0. The summed E-state index contributed by atoms with van der Waals surface area (Å²) in [6, 6.07) is 8.22. The van der Waals surface area contributed by atoms with E-state index in [2.05, 4.69) is 10.8 Å². The van der Waals surface area contributed by atoms with E-state index in [1.165, 1.54) is 0 Å². The van der Waals surface area contributed by atoms with Crippen LogP contribution in [-0.2, 0) is 25.8 Å². The zero-order valence-electron chi connectivity index (χ0n) is 9.96. The highest BCUT2D eigenvalue weighted by Gasteiger charge is 2.48. The van der Waals surface area contributed by atoms with Gasteiger partial charge in [-0.15, -0.1) is 0 Å². The van der Waals surface area contributed by atoms with Crippen LogP contribution in [0.4, 0.5) is 0 Å². The first-order valence-electron chi connectivity index (χ1n) is 5.65. The monoisotopic (exact) mass is 263 g/mol. The van der Waals surface area contributed by atoms with Crippen molar-refractivity contribution in [3.63, 3.8) is 0 Å². The third-order valence-electron chi connectivity index (χ3n) is 2.76. The van der Waals surface area contributed by atoms with Crippen LogP contribution in [0.3, 0.4) is 0 Å². The van der Waals surface area contributed by atoms with Crippen LogP contribution in [0.15, 0.2) is 30.3 Å². The van der Waals surface area contributed by atoms with Gasteiger partial charge in [-0.25, -0.2) is 5.48 Å². The van der Waals surface area contributed by atoms with Crippen LogP contribution in [0.2, 0.25) is 0 Å². The summed E-state index contributed by atoms with van der Waals surface area (Å²) in [6.07, 6.45) is 0. The molecule has 1 fully saturated rings. The molecule has 2 atom stereocenters. The molecule has 1 aromatic carbocycles. The van der Waals surface area contributed by atoms with Crippen molar-refractivity contribution in [2.24, 2.45) is 11.7 Å². The molecule has 0 spiro atoms. The van der Waals surface area contributed by atoms with Crippen molar-refractivity contribution in [1.82, 2.24) is 10.8 Å². The first-order chi connectivity index (χ1) is 9.09. The second-order valence-corrected chi connectivity index (χ2v) is 4.11. The average molecular weight is 263 g/mol. The van der Waals surface area contributed by atoms with E-state index in [9.17, 15) is 14.4 Å². The van der Waals surface area contributed by atoms with Gasteiger partial charge in [0.25, 0.3) is 5.91 Å². The minimum absolute atomic E-state index is 0.169. The highest BCUT2D eigenvalue weighted by molar-refractivity contribution is 6.11. The lowest BCUT2D eigenvalue weighted by molar-refractivity contribution is -0.155. The van der Waals surface area contributed by atoms with E-state index in [0.29, 0.717) is 0 Å². The number of carbonyl (C=O) groups is 3. The normalized spacial score (nSPS) is 21.2. The molecule has 1 heterocycles. The fourth-order valence-electron chi connectivity index (χ4n) is 1.72. The Morgan fingerprint density at radius 1 is 1.32 bits per heavy atom. The number of rotatable bonds is 5. The number of hydrogen-bond donors (Lipinski definition) is 3. The van der Waals surface area contributed by atoms with Crippen molar-refractivity contribution in [3.8, 4) is 0 Å². The summed E-state index contributed by atoms with van der Waals surface area (Å²) < 4.78 is 0. The van der Waals surface area contributed by atoms with Gasteiger partial charge in [-0.1, -0.05) is 30.3 Å². The molecule has 1 aromatic rings. The number of β-lactam (4-membered cyclic amide) rings is 1. The molecule has 1 aliphatic rings. The van der Waals surface area contributed by atoms with Crippen molar-refractivity contribution in [2.45, 2.75) is 12.6 Å². The first kappa shape index (κ1) is 13.0. The summed E-state index contributed by atoms with van der Waals surface area (Å²) in [5, 5.41) is 2.25. The molecule has 0 saturated carbocycles. The Morgan fingerprint density at radius 2 is 2.00 bits per heavy atom. The molecule has 0 aliphatic carbocycles. The number of carbonyl (C=O) groups excluding carboxylic acids is 3. The molecule has 3 amide bonds. The molecule has 0 radical (unpaired) electrons. The van der Waals surface area contributed by atoms with E-state index in [4.69, 9.17) is 10.6 Å². The second-order valence-electron chi connectivity index (χ2n) is 4.11. The van der Waals surface area contributed by atoms with Crippen LogP contribution in [-0.4, -0.2) is 23.8 Å². The maximum Gasteiger partial charge on any atom is 0.258 e. The van der Waals surface area contributed by atoms with Crippen LogP contribution in [0.5, 0.6) is 0 Å². The summed E-state index contributed by atoms with van der Waals surface area (Å²) in [5.41, 5.74) is 8.04. The minimum atomic E-state index is -1.12. The predicted molar refractivity (Wildman–Crippen MR) is 64.0 cm³/mol. The fourth-order valence-corrected chi connectivity index (χ4v) is 1.72. The number of nitrogens with one attached hydrogen (secondary N) is 2. The molecule has 0 aromatic heterocycles. The number of amides is 3. The molecule has 4 N–H and O–H groups in total. The lowest BCUT2D eigenvalue weighted by atomic mass is 9.89. The number of primary amides is 1. The number of nitrogens with two attached hydrogens (primary N) is 1. The van der Waals surface area contributed by atoms with E-state index < -0.39 is 29.7 Å². The van der Waals surface area contributed by atoms with E-state index in [1.54, 1.807) is 0 Å². The zero-order chi connectivity index (χ0) is 13.8. The molecule has 7 nitrogen and oxygen atoms in total. The SMILES string of the molecule is NC(=O)[C@H]1NC(=O)[C@H]1C(=O)NOCc1ccccc1. The molecule has 0 bridgehead atoms. The Bertz CT molecular complexity index is 503. The molecule has 2 rings (SSSR count). The smallest absolute Gasteiger partial charge is 0.258 e. The Hall–Kier alpha value is -2.41. The number of hydrogen-bond acceptors (Lipinski definition) is 4. The molecule has 1 aliphatic heterocycles. The lowest BCUT2D eigenvalue weighted by Gasteiger charge is -2.32. The summed E-state index contributed by atoms with van der Waals surface area (Å²) in [7, 11) is 0. The van der Waals surface area contributed by atoms with Crippen LogP contribution < -0.4 is 16.5 Å². The predicted octanol–water partition coefficient (Wildman–Crippen LogP) is -1.17. The standard InChI is InChI=1S/C12H13N3O4/c13-10(16)9-8(11(17)14-9)12(18)15-19-6-7-4-2-1-3-5-7/h1-5,8-9H,6H2,(H2,13,16)(H,14,17)(H,15,18)/t8-,9-/m0/s1. The van der Waals surface area contributed by atoms with Crippen LogP contribution in [0.1, 0.15) is 5.56 Å². The van der Waals surface area contributed by atoms with Gasteiger partial charge in [0.15, 0.2) is 0 Å². The van der Waals surface area contributed by atoms with Gasteiger partial charge in [-0.05, 0) is 5.56 Å². The van der Waals surface area contributed by atoms with Gasteiger partial charge in [-0.3, -0.25) is 19.2 Å².